The number of nitrogens with one attached hydrogen (secondary N) is 1. The first-order chi connectivity index (χ1) is 11.7. The Hall–Kier alpha value is -2.65. The Bertz CT molecular complexity index is 958. The van der Waals surface area contributed by atoms with E-state index >= 15 is 0 Å². The first-order valence-electron chi connectivity index (χ1n) is 6.81. The number of sulfonamides is 1. The van der Waals surface area contributed by atoms with Crippen LogP contribution in [0.25, 0.3) is 0 Å². The number of carbonyl (C=O) groups excluding carboxylic acids is 1. The lowest BCUT2D eigenvalue weighted by atomic mass is 10.2. The zero-order valence-corrected chi connectivity index (χ0v) is 14.7. The van der Waals surface area contributed by atoms with E-state index in [1.54, 1.807) is 0 Å². The zero-order chi connectivity index (χ0) is 18.8. The van der Waals surface area contributed by atoms with Crippen LogP contribution in [0.1, 0.15) is 15.9 Å². The van der Waals surface area contributed by atoms with E-state index in [1.807, 2.05) is 0 Å². The predicted octanol–water partition coefficient (Wildman–Crippen LogP) is 3.14. The zero-order valence-electron chi connectivity index (χ0n) is 13.1. The standard InChI is InChI=1S/C15H13ClN2O6S/c1-9-13(16)7-12(8-14(9)18(20)21)25(22,23)17-11-5-3-4-10(6-11)15(19)24-2/h3-8,17H,1-2H3. The Morgan fingerprint density at radius 2 is 1.96 bits per heavy atom. The molecule has 2 aromatic rings. The summed E-state index contributed by atoms with van der Waals surface area (Å²) in [4.78, 5) is 21.5. The van der Waals surface area contributed by atoms with Crippen LogP contribution in [0.15, 0.2) is 41.3 Å². The smallest absolute Gasteiger partial charge is 0.337 e. The van der Waals surface area contributed by atoms with Crippen LogP contribution < -0.4 is 4.72 Å². The second kappa shape index (κ2) is 7.08. The van der Waals surface area contributed by atoms with E-state index < -0.39 is 26.6 Å². The molecule has 0 unspecified atom stereocenters. The average Bonchev–Trinajstić information content (AvgIpc) is 2.55. The molecule has 0 bridgehead atoms. The third-order valence-corrected chi connectivity index (χ3v) is 5.09. The maximum Gasteiger partial charge on any atom is 0.337 e. The van der Waals surface area contributed by atoms with Crippen molar-refractivity contribution < 1.29 is 22.9 Å². The number of hydrogen-bond donors (Lipinski definition) is 1. The first-order valence-corrected chi connectivity index (χ1v) is 8.67. The van der Waals surface area contributed by atoms with Crippen LogP contribution in [0.4, 0.5) is 11.4 Å². The number of nitrogens with zero attached hydrogens (tertiary/aromatic N) is 1. The SMILES string of the molecule is COC(=O)c1cccc(NS(=O)(=O)c2cc(Cl)c(C)c([N+](=O)[O-])c2)c1. The van der Waals surface area contributed by atoms with Crippen LogP contribution in [0.3, 0.4) is 0 Å². The fraction of sp³-hybridized carbons (Fsp3) is 0.133. The molecular weight excluding hydrogens is 372 g/mol. The van der Waals surface area contributed by atoms with Gasteiger partial charge in [-0.15, -0.1) is 0 Å². The van der Waals surface area contributed by atoms with Gasteiger partial charge in [0.05, 0.1) is 27.5 Å². The van der Waals surface area contributed by atoms with Gasteiger partial charge in [0, 0.05) is 17.3 Å². The van der Waals surface area contributed by atoms with Crippen LogP contribution in [-0.2, 0) is 14.8 Å². The highest BCUT2D eigenvalue weighted by molar-refractivity contribution is 7.92. The number of nitro benzene ring substituents is 1. The number of benzene rings is 2. The Balaban J connectivity index is 2.44. The summed E-state index contributed by atoms with van der Waals surface area (Å²) in [6.07, 6.45) is 0. The second-order valence-electron chi connectivity index (χ2n) is 4.98. The number of carbonyl (C=O) groups is 1. The number of halogens is 1. The number of anilines is 1. The van der Waals surface area contributed by atoms with Gasteiger partial charge in [-0.3, -0.25) is 14.8 Å². The molecule has 10 heteroatoms. The molecule has 0 amide bonds. The second-order valence-corrected chi connectivity index (χ2v) is 7.07. The summed E-state index contributed by atoms with van der Waals surface area (Å²) in [6.45, 7) is 1.42. The van der Waals surface area contributed by atoms with Gasteiger partial charge in [-0.2, -0.15) is 0 Å². The first kappa shape index (κ1) is 18.7. The molecule has 0 spiro atoms. The third kappa shape index (κ3) is 4.06. The van der Waals surface area contributed by atoms with E-state index in [0.717, 1.165) is 12.1 Å². The third-order valence-electron chi connectivity index (χ3n) is 3.33. The maximum absolute atomic E-state index is 12.5. The van der Waals surface area contributed by atoms with Gasteiger partial charge in [-0.05, 0) is 31.2 Å². The molecule has 0 aliphatic heterocycles. The number of ether oxygens (including phenoxy) is 1. The predicted molar refractivity (Wildman–Crippen MR) is 91.4 cm³/mol. The Kier molecular flexibility index (Phi) is 5.29. The molecule has 1 N–H and O–H groups in total. The normalized spacial score (nSPS) is 11.0. The number of rotatable bonds is 5. The fourth-order valence-electron chi connectivity index (χ4n) is 2.03. The Morgan fingerprint density at radius 1 is 1.28 bits per heavy atom. The quantitative estimate of drug-likeness (QED) is 0.481. The monoisotopic (exact) mass is 384 g/mol. The van der Waals surface area contributed by atoms with Crippen molar-refractivity contribution in [1.82, 2.24) is 0 Å². The van der Waals surface area contributed by atoms with E-state index in [2.05, 4.69) is 9.46 Å². The lowest BCUT2D eigenvalue weighted by Crippen LogP contribution is -2.14. The molecule has 0 saturated carbocycles. The minimum Gasteiger partial charge on any atom is -0.465 e. The molecule has 2 rings (SSSR count). The fourth-order valence-corrected chi connectivity index (χ4v) is 3.40. The van der Waals surface area contributed by atoms with Crippen molar-refractivity contribution in [3.05, 3.63) is 62.7 Å². The molecule has 0 aromatic heterocycles. The lowest BCUT2D eigenvalue weighted by Gasteiger charge is -2.10. The van der Waals surface area contributed by atoms with Crippen molar-refractivity contribution in [2.24, 2.45) is 0 Å². The molecule has 2 aromatic carbocycles. The summed E-state index contributed by atoms with van der Waals surface area (Å²) in [5.41, 5.74) is 0.00682. The van der Waals surface area contributed by atoms with Gasteiger partial charge in [0.15, 0.2) is 0 Å². The summed E-state index contributed by atoms with van der Waals surface area (Å²) in [6, 6.07) is 7.68. The Labute approximate surface area is 148 Å². The molecule has 0 atom stereocenters. The molecule has 0 fully saturated rings. The summed E-state index contributed by atoms with van der Waals surface area (Å²) < 4.78 is 31.8. The van der Waals surface area contributed by atoms with Crippen LogP contribution >= 0.6 is 11.6 Å². The van der Waals surface area contributed by atoms with E-state index in [1.165, 1.54) is 38.3 Å². The summed E-state index contributed by atoms with van der Waals surface area (Å²) in [5, 5.41) is 11.0. The minimum absolute atomic E-state index is 0.0436. The van der Waals surface area contributed by atoms with Crippen LogP contribution in [0.2, 0.25) is 5.02 Å². The van der Waals surface area contributed by atoms with Crippen molar-refractivity contribution >= 4 is 39.0 Å². The molecule has 0 aliphatic carbocycles. The van der Waals surface area contributed by atoms with Gasteiger partial charge in [-0.25, -0.2) is 13.2 Å². The van der Waals surface area contributed by atoms with Crippen molar-refractivity contribution in [3.8, 4) is 0 Å². The lowest BCUT2D eigenvalue weighted by molar-refractivity contribution is -0.385. The van der Waals surface area contributed by atoms with Gasteiger partial charge in [-0.1, -0.05) is 17.7 Å². The van der Waals surface area contributed by atoms with Crippen LogP contribution in [0.5, 0.6) is 0 Å². The number of methoxy groups -OCH3 is 1. The van der Waals surface area contributed by atoms with E-state index in [-0.39, 0.29) is 26.7 Å². The average molecular weight is 385 g/mol. The van der Waals surface area contributed by atoms with Gasteiger partial charge in [0.2, 0.25) is 0 Å². The van der Waals surface area contributed by atoms with Gasteiger partial charge in [0.25, 0.3) is 15.7 Å². The minimum atomic E-state index is -4.15. The largest absolute Gasteiger partial charge is 0.465 e. The van der Waals surface area contributed by atoms with Crippen molar-refractivity contribution in [2.75, 3.05) is 11.8 Å². The van der Waals surface area contributed by atoms with E-state index in [4.69, 9.17) is 11.6 Å². The highest BCUT2D eigenvalue weighted by Gasteiger charge is 2.23. The van der Waals surface area contributed by atoms with Crippen LogP contribution in [0, 0.1) is 17.0 Å². The van der Waals surface area contributed by atoms with Crippen LogP contribution in [-0.4, -0.2) is 26.4 Å². The summed E-state index contributed by atoms with van der Waals surface area (Å²) in [5.74, 6) is -0.630. The number of nitro groups is 1. The van der Waals surface area contributed by atoms with Gasteiger partial charge >= 0.3 is 5.97 Å². The topological polar surface area (TPSA) is 116 Å². The van der Waals surface area contributed by atoms with E-state index in [9.17, 15) is 23.3 Å². The van der Waals surface area contributed by atoms with Crippen molar-refractivity contribution in [2.45, 2.75) is 11.8 Å². The molecule has 132 valence electrons. The number of esters is 1. The maximum atomic E-state index is 12.5. The Morgan fingerprint density at radius 3 is 2.56 bits per heavy atom. The van der Waals surface area contributed by atoms with E-state index in [0.29, 0.717) is 0 Å². The highest BCUT2D eigenvalue weighted by atomic mass is 35.5. The number of hydrogen-bond acceptors (Lipinski definition) is 6. The van der Waals surface area contributed by atoms with Gasteiger partial charge < -0.3 is 4.74 Å². The summed E-state index contributed by atoms with van der Waals surface area (Å²) >= 11 is 5.90. The molecule has 0 saturated heterocycles. The molecule has 0 heterocycles. The molecule has 0 aliphatic rings. The summed E-state index contributed by atoms with van der Waals surface area (Å²) in [7, 11) is -2.95. The highest BCUT2D eigenvalue weighted by Crippen LogP contribution is 2.30. The van der Waals surface area contributed by atoms with Crippen molar-refractivity contribution in [3.63, 3.8) is 0 Å². The van der Waals surface area contributed by atoms with Gasteiger partial charge in [0.1, 0.15) is 0 Å². The molecule has 0 radical (unpaired) electrons. The molecule has 8 nitrogen and oxygen atoms in total. The molecular formula is C15H13ClN2O6S. The molecule has 25 heavy (non-hydrogen) atoms. The van der Waals surface area contributed by atoms with Crippen molar-refractivity contribution in [1.29, 1.82) is 0 Å².